The summed E-state index contributed by atoms with van der Waals surface area (Å²) in [5.41, 5.74) is 2.74. The van der Waals surface area contributed by atoms with E-state index in [-0.39, 0.29) is 20.9 Å². The molecule has 2 N–H and O–H groups in total. The normalized spacial score (nSPS) is 10.7. The van der Waals surface area contributed by atoms with Gasteiger partial charge in [0.1, 0.15) is 10.0 Å². The second kappa shape index (κ2) is 8.98. The molecule has 0 aliphatic carbocycles. The molecule has 0 atom stereocenters. The Labute approximate surface area is 169 Å². The number of hydrazone groups is 1. The summed E-state index contributed by atoms with van der Waals surface area (Å²) in [6.45, 7) is 0. The summed E-state index contributed by atoms with van der Waals surface area (Å²) in [4.78, 5) is 14.8. The Bertz CT molecular complexity index is 880. The van der Waals surface area contributed by atoms with Gasteiger partial charge in [0, 0.05) is 5.56 Å². The van der Waals surface area contributed by atoms with Crippen molar-refractivity contribution < 1.29 is 24.1 Å². The van der Waals surface area contributed by atoms with E-state index in [0.717, 1.165) is 0 Å². The van der Waals surface area contributed by atoms with E-state index in [0.29, 0.717) is 22.8 Å². The van der Waals surface area contributed by atoms with Crippen LogP contribution in [0.2, 0.25) is 15.2 Å². The molecule has 1 heterocycles. The summed E-state index contributed by atoms with van der Waals surface area (Å²) < 4.78 is 15.8. The smallest absolute Gasteiger partial charge is 0.356 e. The zero-order chi connectivity index (χ0) is 20.1. The summed E-state index contributed by atoms with van der Waals surface area (Å²) in [6.07, 6.45) is 1.42. The number of methoxy groups -OCH3 is 3. The number of hydrogen-bond donors (Lipinski definition) is 2. The van der Waals surface area contributed by atoms with Crippen LogP contribution in [0.15, 0.2) is 17.2 Å². The fraction of sp³-hybridized carbons (Fsp3) is 0.188. The lowest BCUT2D eigenvalue weighted by atomic mass is 10.2. The largest absolute Gasteiger partial charge is 0.493 e. The molecule has 0 radical (unpaired) electrons. The summed E-state index contributed by atoms with van der Waals surface area (Å²) in [5, 5.41) is 12.6. The van der Waals surface area contributed by atoms with Crippen molar-refractivity contribution in [3.8, 4) is 17.2 Å². The molecule has 2 rings (SSSR count). The predicted octanol–water partition coefficient (Wildman–Crippen LogP) is 4.21. The quantitative estimate of drug-likeness (QED) is 0.382. The molecule has 8 nitrogen and oxygen atoms in total. The maximum Gasteiger partial charge on any atom is 0.356 e. The first-order chi connectivity index (χ1) is 12.8. The van der Waals surface area contributed by atoms with Gasteiger partial charge in [0.05, 0.1) is 33.2 Å². The Hall–Kier alpha value is -2.42. The van der Waals surface area contributed by atoms with Crippen LogP contribution in [0.25, 0.3) is 0 Å². The van der Waals surface area contributed by atoms with E-state index in [1.165, 1.54) is 27.5 Å². The number of benzene rings is 1. The molecule has 0 fully saturated rings. The number of hydrogen-bond acceptors (Lipinski definition) is 7. The zero-order valence-corrected chi connectivity index (χ0v) is 16.6. The second-order valence-electron chi connectivity index (χ2n) is 4.89. The number of halogens is 3. The molecule has 0 bridgehead atoms. The van der Waals surface area contributed by atoms with Crippen LogP contribution in [0, 0.1) is 0 Å². The Kier molecular flexibility index (Phi) is 6.95. The topological polar surface area (TPSA) is 102 Å². The number of nitrogens with one attached hydrogen (secondary N) is 1. The van der Waals surface area contributed by atoms with Crippen molar-refractivity contribution in [3.05, 3.63) is 38.6 Å². The standard InChI is InChI=1S/C16H14Cl3N3O5/c1-25-8-4-7(5-9(26-2)14(8)27-3)6-20-22-12-10(17)13(16(23)24)21-15(19)11(12)18/h4-6H,1-3H3,(H,21,22)(H,23,24)/b20-6+. The molecule has 11 heteroatoms. The lowest BCUT2D eigenvalue weighted by Crippen LogP contribution is -2.05. The molecule has 0 aliphatic heterocycles. The number of aromatic nitrogens is 1. The SMILES string of the molecule is COc1cc(/C=N/Nc2c(Cl)c(Cl)nc(C(=O)O)c2Cl)cc(OC)c1OC. The van der Waals surface area contributed by atoms with Crippen LogP contribution in [0.1, 0.15) is 16.1 Å². The van der Waals surface area contributed by atoms with Crippen LogP contribution in [0.5, 0.6) is 17.2 Å². The molecule has 2 aromatic rings. The maximum absolute atomic E-state index is 11.2. The van der Waals surface area contributed by atoms with Gasteiger partial charge >= 0.3 is 5.97 Å². The van der Waals surface area contributed by atoms with Gasteiger partial charge in [0.25, 0.3) is 0 Å². The second-order valence-corrected chi connectivity index (χ2v) is 6.00. The van der Waals surface area contributed by atoms with Crippen LogP contribution in [0.4, 0.5) is 5.69 Å². The fourth-order valence-electron chi connectivity index (χ4n) is 2.10. The zero-order valence-electron chi connectivity index (χ0n) is 14.3. The lowest BCUT2D eigenvalue weighted by molar-refractivity contribution is 0.0691. The molecule has 0 amide bonds. The van der Waals surface area contributed by atoms with E-state index < -0.39 is 11.7 Å². The Morgan fingerprint density at radius 3 is 2.19 bits per heavy atom. The van der Waals surface area contributed by atoms with E-state index in [1.54, 1.807) is 12.1 Å². The third kappa shape index (κ3) is 4.47. The van der Waals surface area contributed by atoms with Crippen LogP contribution >= 0.6 is 34.8 Å². The van der Waals surface area contributed by atoms with Crippen molar-refractivity contribution in [3.63, 3.8) is 0 Å². The predicted molar refractivity (Wildman–Crippen MR) is 104 cm³/mol. The maximum atomic E-state index is 11.2. The number of carboxylic acid groups (broad SMARTS) is 1. The molecule has 1 aromatic carbocycles. The van der Waals surface area contributed by atoms with Crippen molar-refractivity contribution >= 4 is 52.7 Å². The summed E-state index contributed by atoms with van der Waals surface area (Å²) in [6, 6.07) is 3.33. The van der Waals surface area contributed by atoms with Gasteiger partial charge in [-0.15, -0.1) is 0 Å². The van der Waals surface area contributed by atoms with E-state index in [2.05, 4.69) is 15.5 Å². The van der Waals surface area contributed by atoms with E-state index in [1.807, 2.05) is 0 Å². The van der Waals surface area contributed by atoms with Crippen LogP contribution in [-0.4, -0.2) is 43.6 Å². The van der Waals surface area contributed by atoms with Crippen LogP contribution < -0.4 is 19.6 Å². The van der Waals surface area contributed by atoms with Gasteiger partial charge in [0.15, 0.2) is 22.3 Å². The Morgan fingerprint density at radius 1 is 1.11 bits per heavy atom. The highest BCUT2D eigenvalue weighted by molar-refractivity contribution is 6.46. The molecule has 0 spiro atoms. The van der Waals surface area contributed by atoms with Crippen LogP contribution in [0.3, 0.4) is 0 Å². The molecular formula is C16H14Cl3N3O5. The van der Waals surface area contributed by atoms with Crippen molar-refractivity contribution in [1.29, 1.82) is 0 Å². The molecular weight excluding hydrogens is 421 g/mol. The van der Waals surface area contributed by atoms with Gasteiger partial charge in [-0.2, -0.15) is 5.10 Å². The monoisotopic (exact) mass is 433 g/mol. The third-order valence-corrected chi connectivity index (χ3v) is 4.42. The average molecular weight is 435 g/mol. The number of rotatable bonds is 7. The van der Waals surface area contributed by atoms with Crippen molar-refractivity contribution in [1.82, 2.24) is 4.98 Å². The molecule has 0 saturated carbocycles. The van der Waals surface area contributed by atoms with Gasteiger partial charge in [-0.3, -0.25) is 5.43 Å². The van der Waals surface area contributed by atoms with Gasteiger partial charge < -0.3 is 19.3 Å². The van der Waals surface area contributed by atoms with Crippen molar-refractivity contribution in [2.45, 2.75) is 0 Å². The number of pyridine rings is 1. The number of nitrogens with zero attached hydrogens (tertiary/aromatic N) is 2. The summed E-state index contributed by atoms with van der Waals surface area (Å²) in [5.74, 6) is -0.0394. The summed E-state index contributed by atoms with van der Waals surface area (Å²) >= 11 is 17.9. The fourth-order valence-corrected chi connectivity index (χ4v) is 2.77. The molecule has 0 aliphatic rings. The highest BCUT2D eigenvalue weighted by atomic mass is 35.5. The van der Waals surface area contributed by atoms with Crippen LogP contribution in [-0.2, 0) is 0 Å². The lowest BCUT2D eigenvalue weighted by Gasteiger charge is -2.13. The molecule has 27 heavy (non-hydrogen) atoms. The first-order valence-corrected chi connectivity index (χ1v) is 8.34. The molecule has 1 aromatic heterocycles. The van der Waals surface area contributed by atoms with Gasteiger partial charge in [-0.25, -0.2) is 9.78 Å². The number of carboxylic acids is 1. The van der Waals surface area contributed by atoms with Crippen molar-refractivity contribution in [2.24, 2.45) is 5.10 Å². The highest BCUT2D eigenvalue weighted by Gasteiger charge is 2.20. The van der Waals surface area contributed by atoms with E-state index in [9.17, 15) is 4.79 Å². The minimum absolute atomic E-state index is 0.0134. The van der Waals surface area contributed by atoms with Gasteiger partial charge in [-0.05, 0) is 12.1 Å². The Balaban J connectivity index is 2.37. The minimum atomic E-state index is -1.35. The average Bonchev–Trinajstić information content (AvgIpc) is 2.66. The minimum Gasteiger partial charge on any atom is -0.493 e. The van der Waals surface area contributed by atoms with Gasteiger partial charge in [0.2, 0.25) is 5.75 Å². The first kappa shape index (κ1) is 20.9. The van der Waals surface area contributed by atoms with E-state index >= 15 is 0 Å². The molecule has 0 saturated heterocycles. The van der Waals surface area contributed by atoms with E-state index in [4.69, 9.17) is 54.1 Å². The summed E-state index contributed by atoms with van der Waals surface area (Å²) in [7, 11) is 4.47. The molecule has 0 unspecified atom stereocenters. The number of aromatic carboxylic acids is 1. The number of ether oxygens (including phenoxy) is 3. The molecule has 144 valence electrons. The third-order valence-electron chi connectivity index (χ3n) is 3.32. The number of carbonyl (C=O) groups is 1. The van der Waals surface area contributed by atoms with Crippen molar-refractivity contribution in [2.75, 3.05) is 26.8 Å². The number of anilines is 1. The highest BCUT2D eigenvalue weighted by Crippen LogP contribution is 2.38. The Morgan fingerprint density at radius 2 is 1.70 bits per heavy atom. The first-order valence-electron chi connectivity index (χ1n) is 7.20. The van der Waals surface area contributed by atoms with Gasteiger partial charge in [-0.1, -0.05) is 34.8 Å².